The molecule has 8 heteroatoms. The van der Waals surface area contributed by atoms with E-state index in [2.05, 4.69) is 10.4 Å². The first kappa shape index (κ1) is 16.8. The van der Waals surface area contributed by atoms with Gasteiger partial charge in [0.15, 0.2) is 0 Å². The van der Waals surface area contributed by atoms with Crippen molar-refractivity contribution in [1.29, 1.82) is 0 Å². The molecule has 0 aliphatic carbocycles. The Balaban J connectivity index is 1.60. The fourth-order valence-electron chi connectivity index (χ4n) is 2.40. The van der Waals surface area contributed by atoms with Gasteiger partial charge in [-0.05, 0) is 12.1 Å². The van der Waals surface area contributed by atoms with Crippen LogP contribution in [0.25, 0.3) is 5.52 Å². The van der Waals surface area contributed by atoms with Crippen LogP contribution >= 0.6 is 0 Å². The minimum Gasteiger partial charge on any atom is -0.492 e. The highest BCUT2D eigenvalue weighted by molar-refractivity contribution is 6.00. The van der Waals surface area contributed by atoms with Gasteiger partial charge in [-0.1, -0.05) is 6.07 Å². The first-order valence-corrected chi connectivity index (χ1v) is 7.52. The molecule has 130 valence electrons. The topological polar surface area (TPSA) is 75.9 Å². The van der Waals surface area contributed by atoms with Crippen LogP contribution in [-0.2, 0) is 6.61 Å². The molecule has 0 spiro atoms. The van der Waals surface area contributed by atoms with Gasteiger partial charge in [0.2, 0.25) is 0 Å². The van der Waals surface area contributed by atoms with Crippen molar-refractivity contribution in [2.75, 3.05) is 13.2 Å². The number of nitrogens with one attached hydrogen (secondary N) is 1. The predicted molar refractivity (Wildman–Crippen MR) is 85.3 cm³/mol. The normalized spacial score (nSPS) is 10.8. The summed E-state index contributed by atoms with van der Waals surface area (Å²) in [6.45, 7) is 0.00183. The van der Waals surface area contributed by atoms with Crippen molar-refractivity contribution in [3.05, 3.63) is 65.5 Å². The Morgan fingerprint density at radius 1 is 1.24 bits per heavy atom. The SMILES string of the molecule is O=C(NCCOc1cc(F)cc(F)c1)c1cnn2c(CO)cccc12. The van der Waals surface area contributed by atoms with E-state index in [1.165, 1.54) is 10.7 Å². The van der Waals surface area contributed by atoms with Crippen LogP contribution < -0.4 is 10.1 Å². The van der Waals surface area contributed by atoms with Crippen molar-refractivity contribution in [2.45, 2.75) is 6.61 Å². The van der Waals surface area contributed by atoms with Crippen LogP contribution in [0.4, 0.5) is 8.78 Å². The fourth-order valence-corrected chi connectivity index (χ4v) is 2.40. The molecule has 2 heterocycles. The second-order valence-corrected chi connectivity index (χ2v) is 5.24. The number of amides is 1. The van der Waals surface area contributed by atoms with Gasteiger partial charge in [0.1, 0.15) is 24.0 Å². The molecule has 25 heavy (non-hydrogen) atoms. The number of pyridine rings is 1. The summed E-state index contributed by atoms with van der Waals surface area (Å²) < 4.78 is 32.8. The van der Waals surface area contributed by atoms with Gasteiger partial charge in [-0.25, -0.2) is 13.3 Å². The zero-order valence-electron chi connectivity index (χ0n) is 13.1. The molecule has 0 radical (unpaired) electrons. The highest BCUT2D eigenvalue weighted by atomic mass is 19.1. The molecule has 0 aliphatic rings. The Labute approximate surface area is 141 Å². The predicted octanol–water partition coefficient (Wildman–Crippen LogP) is 1.91. The summed E-state index contributed by atoms with van der Waals surface area (Å²) in [5, 5.41) is 16.0. The summed E-state index contributed by atoms with van der Waals surface area (Å²) in [4.78, 5) is 12.2. The molecule has 2 aromatic heterocycles. The van der Waals surface area contributed by atoms with Gasteiger partial charge >= 0.3 is 0 Å². The molecular weight excluding hydrogens is 332 g/mol. The second-order valence-electron chi connectivity index (χ2n) is 5.24. The smallest absolute Gasteiger partial charge is 0.255 e. The summed E-state index contributed by atoms with van der Waals surface area (Å²) in [5.41, 5.74) is 1.48. The molecule has 2 N–H and O–H groups in total. The summed E-state index contributed by atoms with van der Waals surface area (Å²) in [6, 6.07) is 8.02. The van der Waals surface area contributed by atoms with Crippen LogP contribution in [0.5, 0.6) is 5.75 Å². The van der Waals surface area contributed by atoms with E-state index in [4.69, 9.17) is 4.74 Å². The summed E-state index contributed by atoms with van der Waals surface area (Å²) in [7, 11) is 0. The van der Waals surface area contributed by atoms with Crippen LogP contribution in [0, 0.1) is 11.6 Å². The minimum absolute atomic E-state index is 0.0512. The molecule has 0 aliphatic heterocycles. The molecule has 3 rings (SSSR count). The lowest BCUT2D eigenvalue weighted by Crippen LogP contribution is -2.28. The monoisotopic (exact) mass is 347 g/mol. The van der Waals surface area contributed by atoms with Crippen LogP contribution in [-0.4, -0.2) is 33.8 Å². The largest absolute Gasteiger partial charge is 0.492 e. The lowest BCUT2D eigenvalue weighted by Gasteiger charge is -2.08. The number of halogens is 2. The number of carbonyl (C=O) groups is 1. The zero-order valence-corrected chi connectivity index (χ0v) is 13.1. The Hall–Kier alpha value is -3.00. The van der Waals surface area contributed by atoms with E-state index in [0.29, 0.717) is 16.8 Å². The number of ether oxygens (including phenoxy) is 1. The highest BCUT2D eigenvalue weighted by Crippen LogP contribution is 2.15. The van der Waals surface area contributed by atoms with Gasteiger partial charge in [0.05, 0.1) is 36.1 Å². The number of nitrogens with zero attached hydrogens (tertiary/aromatic N) is 2. The third kappa shape index (κ3) is 3.74. The van der Waals surface area contributed by atoms with Crippen molar-refractivity contribution in [3.63, 3.8) is 0 Å². The van der Waals surface area contributed by atoms with Crippen molar-refractivity contribution in [1.82, 2.24) is 14.9 Å². The number of carbonyl (C=O) groups excluding carboxylic acids is 1. The average Bonchev–Trinajstić information content (AvgIpc) is 3.02. The van der Waals surface area contributed by atoms with Gasteiger partial charge < -0.3 is 15.2 Å². The van der Waals surface area contributed by atoms with Gasteiger partial charge in [-0.15, -0.1) is 0 Å². The first-order chi connectivity index (χ1) is 12.1. The number of aliphatic hydroxyl groups excluding tert-OH is 1. The number of hydrogen-bond donors (Lipinski definition) is 2. The van der Waals surface area contributed by atoms with Gasteiger partial charge in [-0.3, -0.25) is 4.79 Å². The number of benzene rings is 1. The van der Waals surface area contributed by atoms with Crippen LogP contribution in [0.2, 0.25) is 0 Å². The zero-order chi connectivity index (χ0) is 17.8. The molecule has 0 bridgehead atoms. The maximum Gasteiger partial charge on any atom is 0.255 e. The number of rotatable bonds is 6. The number of hydrogen-bond acceptors (Lipinski definition) is 4. The molecule has 0 saturated heterocycles. The number of aliphatic hydroxyl groups is 1. The van der Waals surface area contributed by atoms with Crippen molar-refractivity contribution < 1.29 is 23.4 Å². The Bertz CT molecular complexity index is 891. The number of fused-ring (bicyclic) bond motifs is 1. The fraction of sp³-hybridized carbons (Fsp3) is 0.176. The van der Waals surface area contributed by atoms with E-state index < -0.39 is 11.6 Å². The molecular formula is C17H15F2N3O3. The molecule has 1 amide bonds. The Kier molecular flexibility index (Phi) is 4.90. The van der Waals surface area contributed by atoms with Crippen molar-refractivity contribution in [3.8, 4) is 5.75 Å². The summed E-state index contributed by atoms with van der Waals surface area (Å²) in [6.07, 6.45) is 1.41. The van der Waals surface area contributed by atoms with E-state index in [0.717, 1.165) is 18.2 Å². The lowest BCUT2D eigenvalue weighted by molar-refractivity contribution is 0.0948. The first-order valence-electron chi connectivity index (χ1n) is 7.52. The third-order valence-electron chi connectivity index (χ3n) is 3.52. The van der Waals surface area contributed by atoms with E-state index in [1.54, 1.807) is 18.2 Å². The maximum atomic E-state index is 13.0. The quantitative estimate of drug-likeness (QED) is 0.668. The van der Waals surface area contributed by atoms with Crippen LogP contribution in [0.1, 0.15) is 16.1 Å². The third-order valence-corrected chi connectivity index (χ3v) is 3.52. The van der Waals surface area contributed by atoms with Gasteiger partial charge in [0.25, 0.3) is 5.91 Å². The van der Waals surface area contributed by atoms with E-state index >= 15 is 0 Å². The van der Waals surface area contributed by atoms with E-state index in [1.807, 2.05) is 0 Å². The Morgan fingerprint density at radius 2 is 2.00 bits per heavy atom. The van der Waals surface area contributed by atoms with Gasteiger partial charge in [0, 0.05) is 18.2 Å². The molecule has 1 aromatic carbocycles. The molecule has 3 aromatic rings. The molecule has 0 unspecified atom stereocenters. The molecule has 0 fully saturated rings. The minimum atomic E-state index is -0.731. The van der Waals surface area contributed by atoms with Gasteiger partial charge in [-0.2, -0.15) is 5.10 Å². The molecule has 6 nitrogen and oxygen atoms in total. The summed E-state index contributed by atoms with van der Waals surface area (Å²) >= 11 is 0. The van der Waals surface area contributed by atoms with Crippen LogP contribution in [0.3, 0.4) is 0 Å². The van der Waals surface area contributed by atoms with E-state index in [-0.39, 0.29) is 31.4 Å². The maximum absolute atomic E-state index is 13.0. The van der Waals surface area contributed by atoms with Crippen molar-refractivity contribution >= 4 is 11.4 Å². The number of aromatic nitrogens is 2. The standard InChI is InChI=1S/C17H15F2N3O3/c18-11-6-12(19)8-14(7-11)25-5-4-20-17(24)15-9-21-22-13(10-23)2-1-3-16(15)22/h1-3,6-9,23H,4-5,10H2,(H,20,24). The second kappa shape index (κ2) is 7.27. The summed E-state index contributed by atoms with van der Waals surface area (Å²) in [5.74, 6) is -1.77. The van der Waals surface area contributed by atoms with Crippen molar-refractivity contribution in [2.24, 2.45) is 0 Å². The Morgan fingerprint density at radius 3 is 2.72 bits per heavy atom. The molecule has 0 saturated carbocycles. The lowest BCUT2D eigenvalue weighted by atomic mass is 10.2. The van der Waals surface area contributed by atoms with Crippen LogP contribution in [0.15, 0.2) is 42.6 Å². The molecule has 0 atom stereocenters. The average molecular weight is 347 g/mol. The highest BCUT2D eigenvalue weighted by Gasteiger charge is 2.13. The van der Waals surface area contributed by atoms with E-state index in [9.17, 15) is 18.7 Å².